The molecule has 0 atom stereocenters. The number of hydrogen-bond donors (Lipinski definition) is 0. The first-order valence-electron chi connectivity index (χ1n) is 8.61. The van der Waals surface area contributed by atoms with Crippen LogP contribution in [0.5, 0.6) is 0 Å². The van der Waals surface area contributed by atoms with Gasteiger partial charge in [-0.1, -0.05) is 82.9 Å². The van der Waals surface area contributed by atoms with Crippen molar-refractivity contribution in [1.82, 2.24) is 0 Å². The van der Waals surface area contributed by atoms with Gasteiger partial charge in [0.25, 0.3) is 10.1 Å². The molecule has 128 valence electrons. The summed E-state index contributed by atoms with van der Waals surface area (Å²) in [5, 5.41) is 0. The van der Waals surface area contributed by atoms with Gasteiger partial charge >= 0.3 is 0 Å². The number of rotatable bonds is 13. The van der Waals surface area contributed by atoms with Crippen molar-refractivity contribution in [3.63, 3.8) is 0 Å². The summed E-state index contributed by atoms with van der Waals surface area (Å²) in [7, 11) is -3.57. The second-order valence-electron chi connectivity index (χ2n) is 5.77. The molecule has 0 aliphatic heterocycles. The van der Waals surface area contributed by atoms with Gasteiger partial charge in [0, 0.05) is 48.9 Å². The largest absolute Gasteiger partial charge is 0.296 e. The number of benzene rings is 1. The first kappa shape index (κ1) is 23.7. The monoisotopic (exact) mass is 464 g/mol. The molecule has 0 spiro atoms. The van der Waals surface area contributed by atoms with Crippen LogP contribution in [0.25, 0.3) is 0 Å². The van der Waals surface area contributed by atoms with E-state index >= 15 is 0 Å². The minimum Gasteiger partial charge on any atom is -0.266 e. The molecule has 0 bridgehead atoms. The molecule has 3 nitrogen and oxygen atoms in total. The Hall–Kier alpha value is 0.701. The maximum atomic E-state index is 11.9. The summed E-state index contributed by atoms with van der Waals surface area (Å²) in [4.78, 5) is 0.238. The number of hydrogen-bond acceptors (Lipinski definition) is 3. The molecule has 0 heterocycles. The van der Waals surface area contributed by atoms with Gasteiger partial charge in [0.15, 0.2) is 0 Å². The Bertz CT molecular complexity index is 474. The van der Waals surface area contributed by atoms with E-state index in [9.17, 15) is 8.42 Å². The first-order valence-corrected chi connectivity index (χ1v) is 10.0. The van der Waals surface area contributed by atoms with E-state index in [0.717, 1.165) is 12.8 Å². The Kier molecular flexibility index (Phi) is 15.5. The summed E-state index contributed by atoms with van der Waals surface area (Å²) in [5.74, 6) is 0. The van der Waals surface area contributed by atoms with Gasteiger partial charge in [0.2, 0.25) is 0 Å². The zero-order valence-electron chi connectivity index (χ0n) is 14.5. The topological polar surface area (TPSA) is 43.4 Å². The minimum atomic E-state index is -3.57. The molecule has 0 aromatic heterocycles. The van der Waals surface area contributed by atoms with Crippen LogP contribution in [0.4, 0.5) is 0 Å². The average Bonchev–Trinajstić information content (AvgIpc) is 2.53. The SMILES string of the molecule is CCCCCCCCCCCCOS(=O)(=O)c1ccccc1.[Ba]. The van der Waals surface area contributed by atoms with Crippen molar-refractivity contribution >= 4 is 59.0 Å². The Morgan fingerprint density at radius 3 is 1.78 bits per heavy atom. The van der Waals surface area contributed by atoms with Crippen LogP contribution in [0.1, 0.15) is 71.1 Å². The summed E-state index contributed by atoms with van der Waals surface area (Å²) < 4.78 is 28.8. The van der Waals surface area contributed by atoms with E-state index in [1.165, 1.54) is 51.4 Å². The van der Waals surface area contributed by atoms with Crippen LogP contribution in [0, 0.1) is 0 Å². The molecule has 5 heteroatoms. The van der Waals surface area contributed by atoms with E-state index in [2.05, 4.69) is 6.92 Å². The molecule has 1 aromatic rings. The van der Waals surface area contributed by atoms with Crippen molar-refractivity contribution in [2.24, 2.45) is 0 Å². The van der Waals surface area contributed by atoms with E-state index < -0.39 is 10.1 Å². The van der Waals surface area contributed by atoms with Gasteiger partial charge in [0.1, 0.15) is 0 Å². The van der Waals surface area contributed by atoms with Gasteiger partial charge < -0.3 is 0 Å². The average molecular weight is 464 g/mol. The van der Waals surface area contributed by atoms with Crippen LogP contribution < -0.4 is 0 Å². The summed E-state index contributed by atoms with van der Waals surface area (Å²) >= 11 is 0. The molecule has 0 aliphatic carbocycles. The molecular formula is C18H30BaO3S. The van der Waals surface area contributed by atoms with Crippen molar-refractivity contribution in [1.29, 1.82) is 0 Å². The second kappa shape index (κ2) is 15.0. The first-order chi connectivity index (χ1) is 10.7. The fraction of sp³-hybridized carbons (Fsp3) is 0.667. The normalized spacial score (nSPS) is 11.2. The van der Waals surface area contributed by atoms with Gasteiger partial charge in [-0.25, -0.2) is 0 Å². The zero-order chi connectivity index (χ0) is 16.1. The van der Waals surface area contributed by atoms with E-state index in [1.807, 2.05) is 0 Å². The third-order valence-corrected chi connectivity index (χ3v) is 5.09. The maximum absolute atomic E-state index is 11.9. The third kappa shape index (κ3) is 11.8. The molecule has 2 radical (unpaired) electrons. The van der Waals surface area contributed by atoms with Gasteiger partial charge in [-0.3, -0.25) is 4.18 Å². The molecule has 0 unspecified atom stereocenters. The Morgan fingerprint density at radius 2 is 1.26 bits per heavy atom. The summed E-state index contributed by atoms with van der Waals surface area (Å²) in [6.45, 7) is 2.52. The molecule has 0 fully saturated rings. The van der Waals surface area contributed by atoms with Crippen molar-refractivity contribution < 1.29 is 12.6 Å². The van der Waals surface area contributed by atoms with Crippen molar-refractivity contribution in [2.45, 2.75) is 76.0 Å². The smallest absolute Gasteiger partial charge is 0.266 e. The van der Waals surface area contributed by atoms with Gasteiger partial charge in [-0.2, -0.15) is 8.42 Å². The molecule has 0 saturated carbocycles. The predicted molar refractivity (Wildman–Crippen MR) is 97.2 cm³/mol. The predicted octanol–water partition coefficient (Wildman–Crippen LogP) is 4.93. The van der Waals surface area contributed by atoms with Crippen LogP contribution in [0.3, 0.4) is 0 Å². The number of unbranched alkanes of at least 4 members (excludes halogenated alkanes) is 9. The van der Waals surface area contributed by atoms with Crippen LogP contribution >= 0.6 is 0 Å². The van der Waals surface area contributed by atoms with Crippen LogP contribution in [-0.2, 0) is 14.3 Å². The van der Waals surface area contributed by atoms with Crippen LogP contribution in [-0.4, -0.2) is 63.9 Å². The second-order valence-corrected chi connectivity index (χ2v) is 7.39. The quantitative estimate of drug-likeness (QED) is 0.237. The minimum absolute atomic E-state index is 0. The molecule has 0 N–H and O–H groups in total. The van der Waals surface area contributed by atoms with Gasteiger partial charge in [-0.15, -0.1) is 0 Å². The summed E-state index contributed by atoms with van der Waals surface area (Å²) in [5.41, 5.74) is 0. The standard InChI is InChI=1S/C18H30O3S.Ba/c1-2-3-4-5-6-7-8-9-10-14-17-21-22(19,20)18-15-12-11-13-16-18;/h11-13,15-16H,2-10,14,17H2,1H3;. The molecule has 0 aliphatic rings. The fourth-order valence-electron chi connectivity index (χ4n) is 2.41. The Morgan fingerprint density at radius 1 is 0.783 bits per heavy atom. The molecule has 23 heavy (non-hydrogen) atoms. The van der Waals surface area contributed by atoms with Crippen molar-refractivity contribution in [3.05, 3.63) is 30.3 Å². The summed E-state index contributed by atoms with van der Waals surface area (Å²) in [6, 6.07) is 8.33. The van der Waals surface area contributed by atoms with Gasteiger partial charge in [-0.05, 0) is 18.6 Å². The molecule has 1 aromatic carbocycles. The molecule has 1 rings (SSSR count). The van der Waals surface area contributed by atoms with Crippen molar-refractivity contribution in [2.75, 3.05) is 6.61 Å². The van der Waals surface area contributed by atoms with E-state index in [1.54, 1.807) is 30.3 Å². The maximum Gasteiger partial charge on any atom is 0.296 e. The van der Waals surface area contributed by atoms with E-state index in [-0.39, 0.29) is 60.4 Å². The third-order valence-electron chi connectivity index (χ3n) is 3.77. The Balaban J connectivity index is 0.00000484. The van der Waals surface area contributed by atoms with E-state index in [4.69, 9.17) is 4.18 Å². The molecule has 0 saturated heterocycles. The summed E-state index contributed by atoms with van der Waals surface area (Å²) in [6.07, 6.45) is 12.3. The zero-order valence-corrected chi connectivity index (χ0v) is 19.8. The van der Waals surface area contributed by atoms with Gasteiger partial charge in [0.05, 0.1) is 11.5 Å². The van der Waals surface area contributed by atoms with Crippen LogP contribution in [0.2, 0.25) is 0 Å². The molecule has 0 amide bonds. The van der Waals surface area contributed by atoms with E-state index in [0.29, 0.717) is 0 Å². The Labute approximate surface area is 182 Å². The molecular weight excluding hydrogens is 434 g/mol. The van der Waals surface area contributed by atoms with Crippen LogP contribution in [0.15, 0.2) is 35.2 Å². The fourth-order valence-corrected chi connectivity index (χ4v) is 3.38. The van der Waals surface area contributed by atoms with Crippen molar-refractivity contribution in [3.8, 4) is 0 Å².